The van der Waals surface area contributed by atoms with E-state index in [1.165, 1.54) is 23.9 Å². The quantitative estimate of drug-likeness (QED) is 0.392. The number of morpholine rings is 1. The third-order valence-corrected chi connectivity index (χ3v) is 5.57. The van der Waals surface area contributed by atoms with Crippen LogP contribution in [0.1, 0.15) is 18.3 Å². The summed E-state index contributed by atoms with van der Waals surface area (Å²) < 4.78 is 7.39. The van der Waals surface area contributed by atoms with Gasteiger partial charge in [-0.3, -0.25) is 19.8 Å². The van der Waals surface area contributed by atoms with Crippen LogP contribution in [-0.2, 0) is 22.6 Å². The van der Waals surface area contributed by atoms with E-state index in [1.807, 2.05) is 11.5 Å². The fraction of sp³-hybridized carbons (Fsp3) is 0.500. The SMILES string of the molecule is CCn1c(CN2CCOCC2)nnc1SCC(=O)Nc1ccc([N+](=O)[O-])cc1C. The second kappa shape index (κ2) is 9.81. The minimum Gasteiger partial charge on any atom is -0.379 e. The summed E-state index contributed by atoms with van der Waals surface area (Å²) in [6.07, 6.45) is 0. The molecule has 0 aliphatic carbocycles. The summed E-state index contributed by atoms with van der Waals surface area (Å²) in [7, 11) is 0. The predicted octanol–water partition coefficient (Wildman–Crippen LogP) is 2.08. The highest BCUT2D eigenvalue weighted by atomic mass is 32.2. The molecule has 1 saturated heterocycles. The summed E-state index contributed by atoms with van der Waals surface area (Å²) in [4.78, 5) is 25.0. The zero-order valence-corrected chi connectivity index (χ0v) is 17.3. The zero-order chi connectivity index (χ0) is 20.8. The van der Waals surface area contributed by atoms with Crippen molar-refractivity contribution in [2.75, 3.05) is 37.4 Å². The first kappa shape index (κ1) is 21.2. The molecule has 1 aliphatic heterocycles. The predicted molar refractivity (Wildman–Crippen MR) is 109 cm³/mol. The number of nitro groups is 1. The summed E-state index contributed by atoms with van der Waals surface area (Å²) in [5.74, 6) is 0.849. The normalized spacial score (nSPS) is 14.7. The molecule has 2 heterocycles. The molecular formula is C18H24N6O4S. The number of anilines is 1. The molecule has 3 rings (SSSR count). The van der Waals surface area contributed by atoms with Crippen LogP contribution < -0.4 is 5.32 Å². The fourth-order valence-corrected chi connectivity index (χ4v) is 3.86. The van der Waals surface area contributed by atoms with Crippen LogP contribution in [0.25, 0.3) is 0 Å². The minimum atomic E-state index is -0.458. The number of ether oxygens (including phenoxy) is 1. The average Bonchev–Trinajstić information content (AvgIpc) is 3.10. The van der Waals surface area contributed by atoms with E-state index >= 15 is 0 Å². The molecule has 29 heavy (non-hydrogen) atoms. The Labute approximate surface area is 172 Å². The summed E-state index contributed by atoms with van der Waals surface area (Å²) in [6.45, 7) is 8.37. The van der Waals surface area contributed by atoms with Gasteiger partial charge in [0.2, 0.25) is 5.91 Å². The maximum atomic E-state index is 12.3. The van der Waals surface area contributed by atoms with Gasteiger partial charge in [-0.1, -0.05) is 11.8 Å². The highest BCUT2D eigenvalue weighted by Gasteiger charge is 2.18. The van der Waals surface area contributed by atoms with E-state index in [0.717, 1.165) is 38.7 Å². The lowest BCUT2D eigenvalue weighted by molar-refractivity contribution is -0.384. The molecule has 1 fully saturated rings. The van der Waals surface area contributed by atoms with Crippen molar-refractivity contribution in [3.8, 4) is 0 Å². The van der Waals surface area contributed by atoms with Crippen molar-refractivity contribution in [1.82, 2.24) is 19.7 Å². The van der Waals surface area contributed by atoms with Gasteiger partial charge in [0.25, 0.3) is 5.69 Å². The lowest BCUT2D eigenvalue weighted by Gasteiger charge is -2.26. The van der Waals surface area contributed by atoms with E-state index in [1.54, 1.807) is 13.0 Å². The molecule has 1 aromatic heterocycles. The van der Waals surface area contributed by atoms with Crippen molar-refractivity contribution in [2.24, 2.45) is 0 Å². The molecule has 1 aliphatic rings. The van der Waals surface area contributed by atoms with E-state index in [2.05, 4.69) is 20.4 Å². The van der Waals surface area contributed by atoms with Crippen LogP contribution in [0.5, 0.6) is 0 Å². The van der Waals surface area contributed by atoms with Gasteiger partial charge in [0.05, 0.1) is 30.4 Å². The largest absolute Gasteiger partial charge is 0.379 e. The van der Waals surface area contributed by atoms with Crippen LogP contribution in [0.3, 0.4) is 0 Å². The number of nitrogens with one attached hydrogen (secondary N) is 1. The number of carbonyl (C=O) groups is 1. The van der Waals surface area contributed by atoms with Crippen molar-refractivity contribution in [3.63, 3.8) is 0 Å². The number of aromatic nitrogens is 3. The van der Waals surface area contributed by atoms with Crippen molar-refractivity contribution in [2.45, 2.75) is 32.1 Å². The number of nitrogens with zero attached hydrogens (tertiary/aromatic N) is 5. The number of thioether (sulfide) groups is 1. The van der Waals surface area contributed by atoms with Crippen LogP contribution in [0.2, 0.25) is 0 Å². The first-order chi connectivity index (χ1) is 14.0. The number of carbonyl (C=O) groups excluding carboxylic acids is 1. The van der Waals surface area contributed by atoms with Gasteiger partial charge in [0.1, 0.15) is 5.82 Å². The molecule has 0 radical (unpaired) electrons. The average molecular weight is 420 g/mol. The van der Waals surface area contributed by atoms with Gasteiger partial charge in [0.15, 0.2) is 5.16 Å². The molecule has 11 heteroatoms. The lowest BCUT2D eigenvalue weighted by Crippen LogP contribution is -2.36. The van der Waals surface area contributed by atoms with E-state index in [4.69, 9.17) is 4.74 Å². The monoisotopic (exact) mass is 420 g/mol. The number of nitro benzene ring substituents is 1. The maximum absolute atomic E-state index is 12.3. The first-order valence-corrected chi connectivity index (χ1v) is 10.4. The van der Waals surface area contributed by atoms with Gasteiger partial charge in [-0.05, 0) is 25.5 Å². The van der Waals surface area contributed by atoms with Crippen LogP contribution in [-0.4, -0.2) is 62.6 Å². The number of hydrogen-bond donors (Lipinski definition) is 1. The van der Waals surface area contributed by atoms with Gasteiger partial charge < -0.3 is 14.6 Å². The van der Waals surface area contributed by atoms with E-state index < -0.39 is 4.92 Å². The van der Waals surface area contributed by atoms with Crippen molar-refractivity contribution in [1.29, 1.82) is 0 Å². The fourth-order valence-electron chi connectivity index (χ4n) is 3.04. The topological polar surface area (TPSA) is 115 Å². The Bertz CT molecular complexity index is 881. The molecule has 156 valence electrons. The summed E-state index contributed by atoms with van der Waals surface area (Å²) in [5.41, 5.74) is 1.20. The Kier molecular flexibility index (Phi) is 7.18. The molecule has 2 aromatic rings. The van der Waals surface area contributed by atoms with Crippen molar-refractivity contribution in [3.05, 3.63) is 39.7 Å². The van der Waals surface area contributed by atoms with Crippen LogP contribution in [0, 0.1) is 17.0 Å². The van der Waals surface area contributed by atoms with Crippen LogP contribution in [0.15, 0.2) is 23.4 Å². The van der Waals surface area contributed by atoms with Gasteiger partial charge >= 0.3 is 0 Å². The Hall–Kier alpha value is -2.50. The van der Waals surface area contributed by atoms with Gasteiger partial charge in [-0.2, -0.15) is 0 Å². The Morgan fingerprint density at radius 1 is 1.34 bits per heavy atom. The molecule has 1 N–H and O–H groups in total. The number of benzene rings is 1. The van der Waals surface area contributed by atoms with E-state index in [-0.39, 0.29) is 17.3 Å². The Morgan fingerprint density at radius 2 is 2.10 bits per heavy atom. The zero-order valence-electron chi connectivity index (χ0n) is 16.5. The Balaban J connectivity index is 1.58. The van der Waals surface area contributed by atoms with E-state index in [9.17, 15) is 14.9 Å². The molecular weight excluding hydrogens is 396 g/mol. The molecule has 0 saturated carbocycles. The van der Waals surface area contributed by atoms with Gasteiger partial charge in [0, 0.05) is 37.5 Å². The third kappa shape index (κ3) is 5.52. The molecule has 10 nitrogen and oxygen atoms in total. The smallest absolute Gasteiger partial charge is 0.269 e. The molecule has 1 amide bonds. The van der Waals surface area contributed by atoms with Gasteiger partial charge in [-0.15, -0.1) is 10.2 Å². The highest BCUT2D eigenvalue weighted by molar-refractivity contribution is 7.99. The second-order valence-electron chi connectivity index (χ2n) is 6.62. The van der Waals surface area contributed by atoms with Crippen LogP contribution in [0.4, 0.5) is 11.4 Å². The second-order valence-corrected chi connectivity index (χ2v) is 7.57. The number of non-ortho nitro benzene ring substituents is 1. The molecule has 1 aromatic carbocycles. The minimum absolute atomic E-state index is 0.00119. The molecule has 0 unspecified atom stereocenters. The molecule has 0 atom stereocenters. The number of amides is 1. The summed E-state index contributed by atoms with van der Waals surface area (Å²) >= 11 is 1.32. The molecule has 0 spiro atoms. The Morgan fingerprint density at radius 3 is 2.76 bits per heavy atom. The standard InChI is InChI=1S/C18H24N6O4S/c1-3-23-16(11-22-6-8-28-9-7-22)20-21-18(23)29-12-17(25)19-15-5-4-14(24(26)27)10-13(15)2/h4-5,10H,3,6-9,11-12H2,1-2H3,(H,19,25). The summed E-state index contributed by atoms with van der Waals surface area (Å²) in [5, 5.41) is 22.9. The van der Waals surface area contributed by atoms with E-state index in [0.29, 0.717) is 23.0 Å². The maximum Gasteiger partial charge on any atom is 0.269 e. The number of rotatable bonds is 8. The molecule has 0 bridgehead atoms. The number of aryl methyl sites for hydroxylation is 1. The van der Waals surface area contributed by atoms with Crippen molar-refractivity contribution < 1.29 is 14.5 Å². The summed E-state index contributed by atoms with van der Waals surface area (Å²) in [6, 6.07) is 4.36. The number of hydrogen-bond acceptors (Lipinski definition) is 8. The van der Waals surface area contributed by atoms with Crippen molar-refractivity contribution >= 4 is 29.0 Å². The highest BCUT2D eigenvalue weighted by Crippen LogP contribution is 2.22. The first-order valence-electron chi connectivity index (χ1n) is 9.37. The van der Waals surface area contributed by atoms with Gasteiger partial charge in [-0.25, -0.2) is 0 Å². The third-order valence-electron chi connectivity index (χ3n) is 4.61. The lowest BCUT2D eigenvalue weighted by atomic mass is 10.2. The van der Waals surface area contributed by atoms with Crippen LogP contribution >= 0.6 is 11.8 Å².